The lowest BCUT2D eigenvalue weighted by Crippen LogP contribution is -2.04. The molecular weight excluding hydrogens is 312 g/mol. The standard InChI is InChI=1S/C16H13ClN6/c1-11-18-6-7-22(11)15-14-8-21-23(16(14)20-10-19-15)9-12-2-4-13(17)5-3-12/h2-8,10H,9H2,1H3. The summed E-state index contributed by atoms with van der Waals surface area (Å²) in [4.78, 5) is 13.0. The van der Waals surface area contributed by atoms with Gasteiger partial charge in [-0.05, 0) is 24.6 Å². The number of aromatic nitrogens is 6. The number of hydrogen-bond acceptors (Lipinski definition) is 4. The smallest absolute Gasteiger partial charge is 0.163 e. The predicted octanol–water partition coefficient (Wildman–Crippen LogP) is 3.02. The molecule has 23 heavy (non-hydrogen) atoms. The number of rotatable bonds is 3. The zero-order valence-corrected chi connectivity index (χ0v) is 13.1. The Morgan fingerprint density at radius 2 is 1.91 bits per heavy atom. The first kappa shape index (κ1) is 13.9. The Morgan fingerprint density at radius 1 is 1.09 bits per heavy atom. The van der Waals surface area contributed by atoms with Crippen molar-refractivity contribution < 1.29 is 0 Å². The molecule has 114 valence electrons. The molecule has 0 amide bonds. The molecular formula is C16H13ClN6. The first-order chi connectivity index (χ1) is 11.2. The van der Waals surface area contributed by atoms with Gasteiger partial charge < -0.3 is 0 Å². The quantitative estimate of drug-likeness (QED) is 0.581. The molecule has 0 saturated heterocycles. The summed E-state index contributed by atoms with van der Waals surface area (Å²) in [5, 5.41) is 6.07. The monoisotopic (exact) mass is 324 g/mol. The van der Waals surface area contributed by atoms with Crippen molar-refractivity contribution in [1.29, 1.82) is 0 Å². The highest BCUT2D eigenvalue weighted by Gasteiger charge is 2.12. The van der Waals surface area contributed by atoms with Crippen molar-refractivity contribution in [1.82, 2.24) is 29.3 Å². The Labute approximate surface area is 137 Å². The lowest BCUT2D eigenvalue weighted by Gasteiger charge is -2.06. The van der Waals surface area contributed by atoms with Crippen LogP contribution >= 0.6 is 11.6 Å². The van der Waals surface area contributed by atoms with Crippen molar-refractivity contribution in [2.45, 2.75) is 13.5 Å². The van der Waals surface area contributed by atoms with Gasteiger partial charge in [-0.1, -0.05) is 23.7 Å². The molecule has 3 aromatic heterocycles. The summed E-state index contributed by atoms with van der Waals surface area (Å²) in [5.41, 5.74) is 1.90. The van der Waals surface area contributed by atoms with Gasteiger partial charge in [-0.3, -0.25) is 4.57 Å². The summed E-state index contributed by atoms with van der Waals surface area (Å²) < 4.78 is 3.79. The minimum atomic E-state index is 0.625. The Kier molecular flexibility index (Phi) is 3.31. The molecule has 0 N–H and O–H groups in total. The van der Waals surface area contributed by atoms with Gasteiger partial charge in [-0.2, -0.15) is 5.10 Å². The number of benzene rings is 1. The van der Waals surface area contributed by atoms with E-state index in [9.17, 15) is 0 Å². The molecule has 1 aromatic carbocycles. The lowest BCUT2D eigenvalue weighted by atomic mass is 10.2. The normalized spacial score (nSPS) is 11.2. The van der Waals surface area contributed by atoms with E-state index in [1.54, 1.807) is 18.7 Å². The largest absolute Gasteiger partial charge is 0.287 e. The number of aryl methyl sites for hydroxylation is 1. The van der Waals surface area contributed by atoms with E-state index >= 15 is 0 Å². The average Bonchev–Trinajstić information content (AvgIpc) is 3.16. The van der Waals surface area contributed by atoms with Crippen molar-refractivity contribution in [2.24, 2.45) is 0 Å². The van der Waals surface area contributed by atoms with Gasteiger partial charge in [0.1, 0.15) is 12.2 Å². The van der Waals surface area contributed by atoms with Crippen LogP contribution in [0.2, 0.25) is 5.02 Å². The van der Waals surface area contributed by atoms with E-state index in [4.69, 9.17) is 11.6 Å². The van der Waals surface area contributed by atoms with Crippen LogP contribution in [0.1, 0.15) is 11.4 Å². The van der Waals surface area contributed by atoms with Gasteiger partial charge in [0.25, 0.3) is 0 Å². The zero-order valence-electron chi connectivity index (χ0n) is 12.4. The van der Waals surface area contributed by atoms with Crippen LogP contribution in [0.25, 0.3) is 16.9 Å². The van der Waals surface area contributed by atoms with Crippen LogP contribution in [0, 0.1) is 6.92 Å². The lowest BCUT2D eigenvalue weighted by molar-refractivity contribution is 0.703. The molecule has 0 fully saturated rings. The van der Waals surface area contributed by atoms with Crippen molar-refractivity contribution in [2.75, 3.05) is 0 Å². The number of hydrogen-bond donors (Lipinski definition) is 0. The summed E-state index contributed by atoms with van der Waals surface area (Å²) in [6, 6.07) is 7.71. The number of imidazole rings is 1. The maximum atomic E-state index is 5.93. The van der Waals surface area contributed by atoms with Gasteiger partial charge in [0.15, 0.2) is 11.5 Å². The molecule has 0 atom stereocenters. The first-order valence-corrected chi connectivity index (χ1v) is 7.51. The van der Waals surface area contributed by atoms with E-state index in [2.05, 4.69) is 20.1 Å². The molecule has 0 spiro atoms. The molecule has 0 bridgehead atoms. The molecule has 0 saturated carbocycles. The van der Waals surface area contributed by atoms with Gasteiger partial charge in [0, 0.05) is 17.4 Å². The van der Waals surface area contributed by atoms with Crippen LogP contribution in [-0.4, -0.2) is 29.3 Å². The second-order valence-electron chi connectivity index (χ2n) is 5.21. The minimum absolute atomic E-state index is 0.625. The fraction of sp³-hybridized carbons (Fsp3) is 0.125. The fourth-order valence-electron chi connectivity index (χ4n) is 2.55. The summed E-state index contributed by atoms with van der Waals surface area (Å²) in [6.07, 6.45) is 6.98. The molecule has 3 heterocycles. The zero-order chi connectivity index (χ0) is 15.8. The third kappa shape index (κ3) is 2.47. The highest BCUT2D eigenvalue weighted by atomic mass is 35.5. The molecule has 4 rings (SSSR count). The van der Waals surface area contributed by atoms with Crippen molar-refractivity contribution >= 4 is 22.6 Å². The van der Waals surface area contributed by atoms with Crippen LogP contribution < -0.4 is 0 Å². The number of fused-ring (bicyclic) bond motifs is 1. The SMILES string of the molecule is Cc1nccn1-c1ncnc2c1cnn2Cc1ccc(Cl)cc1. The van der Waals surface area contributed by atoms with E-state index in [-0.39, 0.29) is 0 Å². The molecule has 0 unspecified atom stereocenters. The summed E-state index contributed by atoms with van der Waals surface area (Å²) in [7, 11) is 0. The average molecular weight is 325 g/mol. The van der Waals surface area contributed by atoms with E-state index in [0.717, 1.165) is 33.3 Å². The van der Waals surface area contributed by atoms with Gasteiger partial charge in [0.2, 0.25) is 0 Å². The second kappa shape index (κ2) is 5.48. The topological polar surface area (TPSA) is 61.4 Å². The summed E-state index contributed by atoms with van der Waals surface area (Å²) in [5.74, 6) is 1.66. The third-order valence-corrected chi connectivity index (χ3v) is 3.96. The van der Waals surface area contributed by atoms with Crippen molar-refractivity contribution in [3.05, 3.63) is 65.6 Å². The highest BCUT2D eigenvalue weighted by Crippen LogP contribution is 2.20. The van der Waals surface area contributed by atoms with E-state index < -0.39 is 0 Å². The Morgan fingerprint density at radius 3 is 2.65 bits per heavy atom. The maximum Gasteiger partial charge on any atom is 0.163 e. The summed E-state index contributed by atoms with van der Waals surface area (Å²) >= 11 is 5.93. The van der Waals surface area contributed by atoms with E-state index in [0.29, 0.717) is 6.54 Å². The highest BCUT2D eigenvalue weighted by molar-refractivity contribution is 6.30. The fourth-order valence-corrected chi connectivity index (χ4v) is 2.68. The van der Waals surface area contributed by atoms with Gasteiger partial charge in [0.05, 0.1) is 18.1 Å². The molecule has 7 heteroatoms. The van der Waals surface area contributed by atoms with Crippen LogP contribution in [0.5, 0.6) is 0 Å². The molecule has 0 radical (unpaired) electrons. The Balaban J connectivity index is 1.78. The van der Waals surface area contributed by atoms with E-state index in [1.165, 1.54) is 0 Å². The summed E-state index contributed by atoms with van der Waals surface area (Å²) in [6.45, 7) is 2.56. The molecule has 0 aliphatic carbocycles. The van der Waals surface area contributed by atoms with Crippen LogP contribution in [-0.2, 0) is 6.54 Å². The van der Waals surface area contributed by atoms with Crippen molar-refractivity contribution in [3.63, 3.8) is 0 Å². The van der Waals surface area contributed by atoms with Gasteiger partial charge in [-0.15, -0.1) is 0 Å². The first-order valence-electron chi connectivity index (χ1n) is 7.13. The van der Waals surface area contributed by atoms with Crippen LogP contribution in [0.4, 0.5) is 0 Å². The van der Waals surface area contributed by atoms with Crippen molar-refractivity contribution in [3.8, 4) is 5.82 Å². The third-order valence-electron chi connectivity index (χ3n) is 3.71. The van der Waals surface area contributed by atoms with Gasteiger partial charge >= 0.3 is 0 Å². The predicted molar refractivity (Wildman–Crippen MR) is 87.7 cm³/mol. The molecule has 0 aliphatic rings. The Hall–Kier alpha value is -2.73. The Bertz CT molecular complexity index is 970. The van der Waals surface area contributed by atoms with Gasteiger partial charge in [-0.25, -0.2) is 19.6 Å². The maximum absolute atomic E-state index is 5.93. The number of nitrogens with zero attached hydrogens (tertiary/aromatic N) is 6. The van der Waals surface area contributed by atoms with Crippen LogP contribution in [0.15, 0.2) is 49.2 Å². The minimum Gasteiger partial charge on any atom is -0.287 e. The molecule has 0 aliphatic heterocycles. The molecule has 6 nitrogen and oxygen atoms in total. The molecule has 4 aromatic rings. The van der Waals surface area contributed by atoms with Crippen LogP contribution in [0.3, 0.4) is 0 Å². The number of halogens is 1. The van der Waals surface area contributed by atoms with E-state index in [1.807, 2.05) is 46.6 Å². The second-order valence-corrected chi connectivity index (χ2v) is 5.64.